The molecule has 0 amide bonds. The van der Waals surface area contributed by atoms with Gasteiger partial charge >= 0.3 is 5.97 Å². The molecule has 5 unspecified atom stereocenters. The highest BCUT2D eigenvalue weighted by Crippen LogP contribution is 2.77. The van der Waals surface area contributed by atoms with Gasteiger partial charge in [-0.15, -0.1) is 6.42 Å². The standard InChI is InChI=1S/C32H50NO4P/c1-8-19-36-33-20(2)21-11-16-32(27(34)35)18-17-30(6)22(26(21)32)9-10-24-29(5)14-13-25(37-38)28(3,4)23(29)12-15-31(24,30)7/h1,21-26H,9-19,38H2,2-7H3,(H,34,35)/t21-,22?,23?,24?,25-,26?,29-,30+,31+,32-/m0/s1. The second kappa shape index (κ2) is 9.48. The number of hydrogen-bond acceptors (Lipinski definition) is 4. The summed E-state index contributed by atoms with van der Waals surface area (Å²) in [6, 6.07) is 0. The molecule has 5 nitrogen and oxygen atoms in total. The Balaban J connectivity index is 1.52. The van der Waals surface area contributed by atoms with E-state index in [2.05, 4.69) is 55.2 Å². The lowest BCUT2D eigenvalue weighted by atomic mass is 9.32. The molecule has 6 heteroatoms. The third kappa shape index (κ3) is 3.64. The quantitative estimate of drug-likeness (QED) is 0.129. The summed E-state index contributed by atoms with van der Waals surface area (Å²) in [4.78, 5) is 18.4. The van der Waals surface area contributed by atoms with Gasteiger partial charge in [0.05, 0.1) is 17.2 Å². The number of nitrogens with zero attached hydrogens (tertiary/aromatic N) is 1. The number of carboxylic acids is 1. The van der Waals surface area contributed by atoms with Crippen LogP contribution in [-0.4, -0.2) is 29.5 Å². The van der Waals surface area contributed by atoms with Crippen molar-refractivity contribution in [1.82, 2.24) is 0 Å². The molecule has 0 aromatic carbocycles. The smallest absolute Gasteiger partial charge is 0.309 e. The molecule has 5 aliphatic rings. The van der Waals surface area contributed by atoms with Crippen molar-refractivity contribution in [2.45, 2.75) is 112 Å². The second-order valence-corrected chi connectivity index (χ2v) is 15.3. The van der Waals surface area contributed by atoms with Gasteiger partial charge in [-0.3, -0.25) is 4.79 Å². The Labute approximate surface area is 232 Å². The minimum Gasteiger partial charge on any atom is -0.481 e. The molecule has 5 aliphatic carbocycles. The number of rotatable bonds is 5. The van der Waals surface area contributed by atoms with E-state index in [1.165, 1.54) is 25.7 Å². The van der Waals surface area contributed by atoms with Gasteiger partial charge in [0.2, 0.25) is 0 Å². The van der Waals surface area contributed by atoms with E-state index in [0.29, 0.717) is 29.3 Å². The van der Waals surface area contributed by atoms with Crippen LogP contribution in [0, 0.1) is 69.0 Å². The predicted molar refractivity (Wildman–Crippen MR) is 154 cm³/mol. The second-order valence-electron chi connectivity index (χ2n) is 15.0. The lowest BCUT2D eigenvalue weighted by molar-refractivity contribution is -0.245. The molecule has 0 aliphatic heterocycles. The molecule has 0 saturated heterocycles. The van der Waals surface area contributed by atoms with Gasteiger partial charge in [-0.05, 0) is 116 Å². The zero-order valence-corrected chi connectivity index (χ0v) is 25.7. The zero-order chi connectivity index (χ0) is 27.7. The van der Waals surface area contributed by atoms with Gasteiger partial charge in [0.1, 0.15) is 0 Å². The van der Waals surface area contributed by atoms with Crippen molar-refractivity contribution in [3.05, 3.63) is 0 Å². The lowest BCUT2D eigenvalue weighted by Crippen LogP contribution is -2.67. The van der Waals surface area contributed by atoms with Gasteiger partial charge in [0.15, 0.2) is 6.61 Å². The summed E-state index contributed by atoms with van der Waals surface area (Å²) in [6.07, 6.45) is 16.2. The SMILES string of the molecule is C#CCON=C(C)[C@@H]1CC[C@]2(C(=O)O)CC[C@]3(C)C(CCC4[C@@]5(C)CC[C@H](OP)C(C)(C)C5CC[C@]43C)C12. The Morgan fingerprint density at radius 3 is 2.37 bits per heavy atom. The summed E-state index contributed by atoms with van der Waals surface area (Å²) < 4.78 is 5.95. The van der Waals surface area contributed by atoms with E-state index >= 15 is 0 Å². The number of carboxylic acid groups (broad SMARTS) is 1. The monoisotopic (exact) mass is 543 g/mol. The molecule has 0 radical (unpaired) electrons. The van der Waals surface area contributed by atoms with E-state index in [1.807, 2.05) is 6.92 Å². The molecule has 212 valence electrons. The maximum absolute atomic E-state index is 13.0. The molecule has 1 N–H and O–H groups in total. The van der Waals surface area contributed by atoms with E-state index < -0.39 is 11.4 Å². The summed E-state index contributed by atoms with van der Waals surface area (Å²) in [5, 5.41) is 15.1. The summed E-state index contributed by atoms with van der Waals surface area (Å²) in [6.45, 7) is 14.8. The van der Waals surface area contributed by atoms with Crippen LogP contribution in [0.25, 0.3) is 0 Å². The lowest BCUT2D eigenvalue weighted by Gasteiger charge is -2.72. The average molecular weight is 544 g/mol. The minimum absolute atomic E-state index is 0.109. The van der Waals surface area contributed by atoms with Crippen LogP contribution in [0.3, 0.4) is 0 Å². The zero-order valence-electron chi connectivity index (χ0n) is 24.5. The number of terminal acetylenes is 1. The van der Waals surface area contributed by atoms with Gasteiger partial charge in [-0.2, -0.15) is 0 Å². The van der Waals surface area contributed by atoms with Crippen molar-refractivity contribution in [3.8, 4) is 12.3 Å². The summed E-state index contributed by atoms with van der Waals surface area (Å²) in [5.41, 5.74) is 1.06. The third-order valence-corrected chi connectivity index (χ3v) is 14.2. The number of hydrogen-bond donors (Lipinski definition) is 1. The van der Waals surface area contributed by atoms with Crippen molar-refractivity contribution in [3.63, 3.8) is 0 Å². The van der Waals surface area contributed by atoms with Crippen molar-refractivity contribution in [2.75, 3.05) is 6.61 Å². The van der Waals surface area contributed by atoms with Gasteiger partial charge in [-0.25, -0.2) is 0 Å². The minimum atomic E-state index is -0.641. The highest BCUT2D eigenvalue weighted by molar-refractivity contribution is 7.09. The first-order chi connectivity index (χ1) is 17.8. The Kier molecular flexibility index (Phi) is 7.09. The van der Waals surface area contributed by atoms with Crippen LogP contribution < -0.4 is 0 Å². The molecule has 5 saturated carbocycles. The number of oxime groups is 1. The number of aliphatic carboxylic acids is 1. The van der Waals surface area contributed by atoms with E-state index in [0.717, 1.165) is 44.2 Å². The maximum Gasteiger partial charge on any atom is 0.309 e. The van der Waals surface area contributed by atoms with E-state index in [1.54, 1.807) is 0 Å². The molecule has 5 fully saturated rings. The Bertz CT molecular complexity index is 1030. The first kappa shape index (κ1) is 28.4. The molecule has 0 aromatic heterocycles. The molecule has 0 heterocycles. The maximum atomic E-state index is 13.0. The van der Waals surface area contributed by atoms with Crippen molar-refractivity contribution in [2.24, 2.45) is 61.8 Å². The third-order valence-electron chi connectivity index (χ3n) is 13.9. The van der Waals surface area contributed by atoms with Gasteiger partial charge in [0.25, 0.3) is 0 Å². The fourth-order valence-electron chi connectivity index (χ4n) is 11.9. The van der Waals surface area contributed by atoms with E-state index in [4.69, 9.17) is 15.8 Å². The highest BCUT2D eigenvalue weighted by atomic mass is 31.0. The highest BCUT2D eigenvalue weighted by Gasteiger charge is 2.72. The Morgan fingerprint density at radius 2 is 1.71 bits per heavy atom. The number of carbonyl (C=O) groups is 1. The van der Waals surface area contributed by atoms with Crippen molar-refractivity contribution >= 4 is 21.1 Å². The summed E-state index contributed by atoms with van der Waals surface area (Å²) in [7, 11) is 2.54. The first-order valence-corrected chi connectivity index (χ1v) is 15.5. The van der Waals surface area contributed by atoms with Crippen LogP contribution >= 0.6 is 9.47 Å². The summed E-state index contributed by atoms with van der Waals surface area (Å²) in [5.74, 6) is 3.85. The van der Waals surface area contributed by atoms with Crippen LogP contribution in [0.1, 0.15) is 106 Å². The molecular formula is C32H50NO4P. The Morgan fingerprint density at radius 1 is 0.974 bits per heavy atom. The molecule has 0 aromatic rings. The van der Waals surface area contributed by atoms with E-state index in [-0.39, 0.29) is 34.7 Å². The van der Waals surface area contributed by atoms with Crippen molar-refractivity contribution in [1.29, 1.82) is 0 Å². The molecule has 11 atom stereocenters. The fraction of sp³-hybridized carbons (Fsp3) is 0.875. The molecule has 0 bridgehead atoms. The molecule has 38 heavy (non-hydrogen) atoms. The van der Waals surface area contributed by atoms with Gasteiger partial charge in [0, 0.05) is 15.4 Å². The van der Waals surface area contributed by atoms with Crippen LogP contribution in [-0.2, 0) is 14.2 Å². The first-order valence-electron chi connectivity index (χ1n) is 15.0. The van der Waals surface area contributed by atoms with Crippen LogP contribution in [0.5, 0.6) is 0 Å². The normalized spacial score (nSPS) is 49.6. The van der Waals surface area contributed by atoms with Gasteiger partial charge in [-0.1, -0.05) is 45.7 Å². The van der Waals surface area contributed by atoms with E-state index in [9.17, 15) is 9.90 Å². The van der Waals surface area contributed by atoms with Gasteiger partial charge < -0.3 is 14.5 Å². The number of fused-ring (bicyclic) bond motifs is 7. The molecule has 5 rings (SSSR count). The fourth-order valence-corrected chi connectivity index (χ4v) is 12.4. The predicted octanol–water partition coefficient (Wildman–Crippen LogP) is 7.35. The Hall–Kier alpha value is -1.11. The van der Waals surface area contributed by atoms with Crippen LogP contribution in [0.4, 0.5) is 0 Å². The average Bonchev–Trinajstić information content (AvgIpc) is 3.25. The topological polar surface area (TPSA) is 68.1 Å². The molecule has 0 spiro atoms. The largest absolute Gasteiger partial charge is 0.481 e. The van der Waals surface area contributed by atoms with Crippen LogP contribution in [0.2, 0.25) is 0 Å². The summed E-state index contributed by atoms with van der Waals surface area (Å²) >= 11 is 0. The van der Waals surface area contributed by atoms with Crippen LogP contribution in [0.15, 0.2) is 5.16 Å². The molecular weight excluding hydrogens is 493 g/mol. The van der Waals surface area contributed by atoms with Crippen molar-refractivity contribution < 1.29 is 19.3 Å².